The van der Waals surface area contributed by atoms with Gasteiger partial charge in [0.25, 0.3) is 0 Å². The van der Waals surface area contributed by atoms with Crippen molar-refractivity contribution in [3.05, 3.63) is 0 Å². The molecule has 2 unspecified atom stereocenters. The summed E-state index contributed by atoms with van der Waals surface area (Å²) in [5.41, 5.74) is 5.21. The van der Waals surface area contributed by atoms with E-state index in [4.69, 9.17) is 10.5 Å². The Balaban J connectivity index is 4.08. The maximum atomic E-state index is 11.5. The molecule has 3 N–H and O–H groups in total. The van der Waals surface area contributed by atoms with Gasteiger partial charge < -0.3 is 15.8 Å². The van der Waals surface area contributed by atoms with Crippen molar-refractivity contribution in [3.63, 3.8) is 0 Å². The molecule has 15 heavy (non-hydrogen) atoms. The van der Waals surface area contributed by atoms with E-state index in [2.05, 4.69) is 37.2 Å². The van der Waals surface area contributed by atoms with Gasteiger partial charge in [-0.1, -0.05) is 31.9 Å². The Morgan fingerprint density at radius 1 is 1.53 bits per heavy atom. The quantitative estimate of drug-likeness (QED) is 0.448. The predicted octanol–water partition coefficient (Wildman–Crippen LogP) is 1.36. The summed E-state index contributed by atoms with van der Waals surface area (Å²) in [5, 5.41) is 3.84. The normalized spacial score (nSPS) is 15.9. The van der Waals surface area contributed by atoms with Crippen LogP contribution in [0.25, 0.3) is 0 Å². The first-order valence-electron chi connectivity index (χ1n) is 4.70. The highest BCUT2D eigenvalue weighted by Crippen LogP contribution is 2.10. The molecule has 0 aliphatic carbocycles. The molecule has 0 saturated heterocycles. The van der Waals surface area contributed by atoms with Crippen LogP contribution < -0.4 is 11.1 Å². The molecule has 0 radical (unpaired) electrons. The molecular formula is C9H18Br2N2O2. The van der Waals surface area contributed by atoms with E-state index in [0.29, 0.717) is 0 Å². The van der Waals surface area contributed by atoms with Crippen LogP contribution in [-0.4, -0.2) is 34.4 Å². The number of hydrogen-bond donors (Lipinski definition) is 2. The Bertz CT molecular complexity index is 207. The molecular weight excluding hydrogens is 328 g/mol. The summed E-state index contributed by atoms with van der Waals surface area (Å²) < 4.78 is 5.15. The molecule has 0 bridgehead atoms. The SMILES string of the molecule is CC(C)(C)OC(=O)C(N)C(Br)NCCBr. The number of halogens is 2. The lowest BCUT2D eigenvalue weighted by atomic mass is 10.2. The van der Waals surface area contributed by atoms with Crippen molar-refractivity contribution in [2.24, 2.45) is 5.73 Å². The molecule has 0 amide bonds. The van der Waals surface area contributed by atoms with Crippen molar-refractivity contribution in [3.8, 4) is 0 Å². The number of hydrogen-bond acceptors (Lipinski definition) is 4. The first-order chi connectivity index (χ1) is 6.78. The molecule has 6 heteroatoms. The van der Waals surface area contributed by atoms with Crippen molar-refractivity contribution < 1.29 is 9.53 Å². The smallest absolute Gasteiger partial charge is 0.325 e. The average Bonchev–Trinajstić information content (AvgIpc) is 2.10. The number of nitrogens with one attached hydrogen (secondary N) is 1. The molecule has 0 aromatic heterocycles. The van der Waals surface area contributed by atoms with Crippen molar-refractivity contribution in [2.75, 3.05) is 11.9 Å². The van der Waals surface area contributed by atoms with E-state index in [9.17, 15) is 4.79 Å². The van der Waals surface area contributed by atoms with Crippen LogP contribution in [-0.2, 0) is 9.53 Å². The van der Waals surface area contributed by atoms with Crippen molar-refractivity contribution in [1.29, 1.82) is 0 Å². The number of carbonyl (C=O) groups is 1. The molecule has 0 aromatic rings. The van der Waals surface area contributed by atoms with Gasteiger partial charge in [0, 0.05) is 11.9 Å². The van der Waals surface area contributed by atoms with Crippen LogP contribution in [0.15, 0.2) is 0 Å². The topological polar surface area (TPSA) is 64.3 Å². The van der Waals surface area contributed by atoms with Gasteiger partial charge in [0.05, 0.1) is 4.95 Å². The highest BCUT2D eigenvalue weighted by molar-refractivity contribution is 9.09. The lowest BCUT2D eigenvalue weighted by molar-refractivity contribution is -0.156. The van der Waals surface area contributed by atoms with Crippen molar-refractivity contribution in [2.45, 2.75) is 37.4 Å². The standard InChI is InChI=1S/C9H18Br2N2O2/c1-9(2,3)15-8(14)6(12)7(11)13-5-4-10/h6-7,13H,4-5,12H2,1-3H3. The minimum atomic E-state index is -0.705. The molecule has 2 atom stereocenters. The molecule has 0 rings (SSSR count). The number of nitrogens with two attached hydrogens (primary N) is 1. The maximum absolute atomic E-state index is 11.5. The summed E-state index contributed by atoms with van der Waals surface area (Å²) in [6.07, 6.45) is 0. The zero-order valence-corrected chi connectivity index (χ0v) is 12.4. The predicted molar refractivity (Wildman–Crippen MR) is 68.3 cm³/mol. The summed E-state index contributed by atoms with van der Waals surface area (Å²) in [6, 6.07) is -0.705. The second kappa shape index (κ2) is 6.83. The molecule has 0 aliphatic rings. The summed E-state index contributed by atoms with van der Waals surface area (Å²) in [5.74, 6) is -0.411. The maximum Gasteiger partial charge on any atom is 0.325 e. The lowest BCUT2D eigenvalue weighted by Gasteiger charge is -2.24. The molecule has 4 nitrogen and oxygen atoms in total. The number of carbonyl (C=O) groups excluding carboxylic acids is 1. The number of esters is 1. The van der Waals surface area contributed by atoms with Gasteiger partial charge in [0.15, 0.2) is 0 Å². The van der Waals surface area contributed by atoms with E-state index >= 15 is 0 Å². The third kappa shape index (κ3) is 7.27. The monoisotopic (exact) mass is 344 g/mol. The Morgan fingerprint density at radius 2 is 2.07 bits per heavy atom. The van der Waals surface area contributed by atoms with E-state index in [1.165, 1.54) is 0 Å². The van der Waals surface area contributed by atoms with Gasteiger partial charge in [-0.05, 0) is 20.8 Å². The van der Waals surface area contributed by atoms with Gasteiger partial charge in [-0.2, -0.15) is 0 Å². The summed E-state index contributed by atoms with van der Waals surface area (Å²) in [7, 11) is 0. The second-order valence-corrected chi connectivity index (χ2v) is 5.88. The summed E-state index contributed by atoms with van der Waals surface area (Å²) in [4.78, 5) is 11.3. The molecule has 0 saturated carbocycles. The Morgan fingerprint density at radius 3 is 2.47 bits per heavy atom. The Kier molecular flexibility index (Phi) is 6.99. The minimum Gasteiger partial charge on any atom is -0.459 e. The van der Waals surface area contributed by atoms with Gasteiger partial charge >= 0.3 is 5.97 Å². The number of alkyl halides is 2. The third-order valence-corrected chi connectivity index (χ3v) is 2.72. The van der Waals surface area contributed by atoms with Gasteiger partial charge in [0.2, 0.25) is 0 Å². The zero-order valence-electron chi connectivity index (χ0n) is 9.22. The molecule has 0 fully saturated rings. The molecule has 0 heterocycles. The van der Waals surface area contributed by atoms with Crippen LogP contribution >= 0.6 is 31.9 Å². The van der Waals surface area contributed by atoms with Crippen LogP contribution in [0.4, 0.5) is 0 Å². The van der Waals surface area contributed by atoms with E-state index < -0.39 is 17.6 Å². The fourth-order valence-corrected chi connectivity index (χ4v) is 1.48. The fraction of sp³-hybridized carbons (Fsp3) is 0.889. The van der Waals surface area contributed by atoms with Gasteiger partial charge in [-0.15, -0.1) is 0 Å². The zero-order chi connectivity index (χ0) is 12.1. The molecule has 0 spiro atoms. The third-order valence-electron chi connectivity index (χ3n) is 1.43. The Labute approximate surface area is 108 Å². The van der Waals surface area contributed by atoms with Crippen LogP contribution in [0.2, 0.25) is 0 Å². The number of ether oxygens (including phenoxy) is 1. The van der Waals surface area contributed by atoms with Crippen LogP contribution in [0.3, 0.4) is 0 Å². The van der Waals surface area contributed by atoms with E-state index in [0.717, 1.165) is 11.9 Å². The van der Waals surface area contributed by atoms with E-state index in [1.807, 2.05) is 20.8 Å². The highest BCUT2D eigenvalue weighted by Gasteiger charge is 2.27. The average molecular weight is 346 g/mol. The van der Waals surface area contributed by atoms with Crippen LogP contribution in [0, 0.1) is 0 Å². The lowest BCUT2D eigenvalue weighted by Crippen LogP contribution is -2.49. The molecule has 0 aliphatic heterocycles. The van der Waals surface area contributed by atoms with E-state index in [1.54, 1.807) is 0 Å². The highest BCUT2D eigenvalue weighted by atomic mass is 79.9. The minimum absolute atomic E-state index is 0.273. The summed E-state index contributed by atoms with van der Waals surface area (Å²) in [6.45, 7) is 6.17. The largest absolute Gasteiger partial charge is 0.459 e. The fourth-order valence-electron chi connectivity index (χ4n) is 0.809. The van der Waals surface area contributed by atoms with Gasteiger partial charge in [0.1, 0.15) is 11.6 Å². The van der Waals surface area contributed by atoms with Gasteiger partial charge in [-0.3, -0.25) is 4.79 Å². The molecule has 0 aromatic carbocycles. The van der Waals surface area contributed by atoms with Crippen molar-refractivity contribution in [1.82, 2.24) is 5.32 Å². The van der Waals surface area contributed by atoms with Crippen LogP contribution in [0.5, 0.6) is 0 Å². The Hall–Kier alpha value is 0.350. The van der Waals surface area contributed by atoms with E-state index in [-0.39, 0.29) is 4.95 Å². The van der Waals surface area contributed by atoms with Crippen LogP contribution in [0.1, 0.15) is 20.8 Å². The van der Waals surface area contributed by atoms with Crippen molar-refractivity contribution >= 4 is 37.8 Å². The molecule has 90 valence electrons. The first-order valence-corrected chi connectivity index (χ1v) is 6.73. The van der Waals surface area contributed by atoms with Gasteiger partial charge in [-0.25, -0.2) is 0 Å². The number of rotatable bonds is 5. The second-order valence-electron chi connectivity index (χ2n) is 4.10. The first kappa shape index (κ1) is 15.3. The summed E-state index contributed by atoms with van der Waals surface area (Å²) >= 11 is 6.57.